The number of fused-ring (bicyclic) bond motifs is 1. The molecule has 0 radical (unpaired) electrons. The van der Waals surface area contributed by atoms with E-state index in [4.69, 9.17) is 4.74 Å². The minimum Gasteiger partial charge on any atom is -0.372 e. The second-order valence-corrected chi connectivity index (χ2v) is 6.10. The molecule has 1 aliphatic rings. The zero-order chi connectivity index (χ0) is 13.4. The van der Waals surface area contributed by atoms with E-state index in [1.54, 1.807) is 0 Å². The summed E-state index contributed by atoms with van der Waals surface area (Å²) in [4.78, 5) is 0.250. The Balaban J connectivity index is 2.02. The summed E-state index contributed by atoms with van der Waals surface area (Å²) >= 11 is 3.86. The fourth-order valence-corrected chi connectivity index (χ4v) is 3.75. The molecule has 1 nitrogen and oxygen atoms in total. The van der Waals surface area contributed by atoms with E-state index < -0.39 is 0 Å². The molecule has 19 heavy (non-hydrogen) atoms. The molecule has 0 fully saturated rings. The number of aryl methyl sites for hydroxylation is 2. The summed E-state index contributed by atoms with van der Waals surface area (Å²) in [6.07, 6.45) is 0. The Labute approximate surface area is 122 Å². The lowest BCUT2D eigenvalue weighted by Crippen LogP contribution is -2.00. The van der Waals surface area contributed by atoms with Gasteiger partial charge in [-0.3, -0.25) is 0 Å². The smallest absolute Gasteiger partial charge is 0.0725 e. The van der Waals surface area contributed by atoms with Crippen LogP contribution in [0.1, 0.15) is 38.2 Å². The van der Waals surface area contributed by atoms with Gasteiger partial charge in [-0.25, -0.2) is 0 Å². The van der Waals surface area contributed by atoms with Crippen molar-refractivity contribution in [2.24, 2.45) is 0 Å². The number of hydrogen-bond donors (Lipinski definition) is 0. The summed E-state index contributed by atoms with van der Waals surface area (Å²) in [5.41, 5.74) is 8.00. The molecule has 98 valence electrons. The van der Waals surface area contributed by atoms with Gasteiger partial charge in [0.25, 0.3) is 0 Å². The minimum atomic E-state index is 0.250. The molecule has 0 spiro atoms. The molecule has 2 heteroatoms. The van der Waals surface area contributed by atoms with Crippen LogP contribution in [0.3, 0.4) is 0 Å². The number of benzene rings is 2. The maximum atomic E-state index is 5.49. The summed E-state index contributed by atoms with van der Waals surface area (Å²) in [5, 5.41) is 0. The molecule has 1 unspecified atom stereocenters. The third-order valence-corrected chi connectivity index (χ3v) is 4.82. The van der Waals surface area contributed by atoms with Crippen LogP contribution in [0, 0.1) is 13.8 Å². The zero-order valence-corrected chi connectivity index (χ0v) is 12.8. The third-order valence-electron chi connectivity index (χ3n) is 3.83. The normalized spacial score (nSPS) is 15.3. The van der Waals surface area contributed by atoms with E-state index in [9.17, 15) is 0 Å². The average Bonchev–Trinajstić information content (AvgIpc) is 2.85. The van der Waals surface area contributed by atoms with Gasteiger partial charge in [-0.15, -0.1) is 0 Å². The van der Waals surface area contributed by atoms with Crippen LogP contribution in [0.15, 0.2) is 36.4 Å². The summed E-state index contributed by atoms with van der Waals surface area (Å²) in [7, 11) is 0. The van der Waals surface area contributed by atoms with E-state index in [2.05, 4.69) is 66.2 Å². The highest BCUT2D eigenvalue weighted by Crippen LogP contribution is 2.36. The molecule has 0 aliphatic carbocycles. The first-order valence-corrected chi connectivity index (χ1v) is 7.48. The number of ether oxygens (including phenoxy) is 1. The van der Waals surface area contributed by atoms with Crippen molar-refractivity contribution in [1.29, 1.82) is 0 Å². The molecule has 3 rings (SSSR count). The summed E-state index contributed by atoms with van der Waals surface area (Å²) in [6.45, 7) is 5.85. The fraction of sp³-hybridized carbons (Fsp3) is 0.294. The van der Waals surface area contributed by atoms with Gasteiger partial charge in [-0.2, -0.15) is 0 Å². The predicted molar refractivity (Wildman–Crippen MR) is 81.6 cm³/mol. The van der Waals surface area contributed by atoms with Crippen LogP contribution in [-0.4, -0.2) is 0 Å². The van der Waals surface area contributed by atoms with E-state index in [0.29, 0.717) is 0 Å². The first-order chi connectivity index (χ1) is 9.16. The van der Waals surface area contributed by atoms with Crippen LogP contribution in [0.25, 0.3) is 0 Å². The molecule has 0 amide bonds. The van der Waals surface area contributed by atoms with Crippen LogP contribution < -0.4 is 0 Å². The molecule has 0 saturated carbocycles. The van der Waals surface area contributed by atoms with E-state index >= 15 is 0 Å². The van der Waals surface area contributed by atoms with Gasteiger partial charge in [0.1, 0.15) is 0 Å². The molecule has 1 aliphatic heterocycles. The van der Waals surface area contributed by atoms with Crippen molar-refractivity contribution in [3.05, 3.63) is 69.8 Å². The van der Waals surface area contributed by atoms with Gasteiger partial charge >= 0.3 is 0 Å². The maximum Gasteiger partial charge on any atom is 0.0725 e. The first-order valence-electron chi connectivity index (χ1n) is 6.56. The Morgan fingerprint density at radius 1 is 1.00 bits per heavy atom. The maximum absolute atomic E-state index is 5.49. The third kappa shape index (κ3) is 2.35. The van der Waals surface area contributed by atoms with Gasteiger partial charge in [0, 0.05) is 0 Å². The molecular weight excluding hydrogens is 300 g/mol. The van der Waals surface area contributed by atoms with Gasteiger partial charge in [0.05, 0.1) is 18.0 Å². The van der Waals surface area contributed by atoms with E-state index in [1.807, 2.05) is 0 Å². The van der Waals surface area contributed by atoms with Crippen molar-refractivity contribution >= 4 is 15.9 Å². The van der Waals surface area contributed by atoms with Crippen LogP contribution in [0.2, 0.25) is 0 Å². The SMILES string of the molecule is Cc1cccc(C)c1C(Br)c1ccc2c(c1)COC2. The quantitative estimate of drug-likeness (QED) is 0.722. The molecular formula is C17H17BrO. The fourth-order valence-electron chi connectivity index (χ4n) is 2.74. The number of hydrogen-bond acceptors (Lipinski definition) is 1. The van der Waals surface area contributed by atoms with Crippen molar-refractivity contribution in [3.8, 4) is 0 Å². The van der Waals surface area contributed by atoms with Crippen LogP contribution in [0.5, 0.6) is 0 Å². The van der Waals surface area contributed by atoms with Gasteiger partial charge in [-0.05, 0) is 47.2 Å². The van der Waals surface area contributed by atoms with Crippen molar-refractivity contribution < 1.29 is 4.74 Å². The summed E-state index contributed by atoms with van der Waals surface area (Å²) < 4.78 is 5.49. The Morgan fingerprint density at radius 2 is 1.68 bits per heavy atom. The highest BCUT2D eigenvalue weighted by atomic mass is 79.9. The van der Waals surface area contributed by atoms with Crippen LogP contribution in [0.4, 0.5) is 0 Å². The number of alkyl halides is 1. The molecule has 0 N–H and O–H groups in total. The molecule has 1 atom stereocenters. The van der Waals surface area contributed by atoms with Gasteiger partial charge in [0.15, 0.2) is 0 Å². The second kappa shape index (κ2) is 5.10. The minimum absolute atomic E-state index is 0.250. The highest BCUT2D eigenvalue weighted by Gasteiger charge is 2.18. The lowest BCUT2D eigenvalue weighted by atomic mass is 9.94. The first kappa shape index (κ1) is 12.9. The lowest BCUT2D eigenvalue weighted by molar-refractivity contribution is 0.134. The van der Waals surface area contributed by atoms with Gasteiger partial charge in [-0.1, -0.05) is 52.3 Å². The number of rotatable bonds is 2. The Hall–Kier alpha value is -1.12. The van der Waals surface area contributed by atoms with Crippen LogP contribution >= 0.6 is 15.9 Å². The lowest BCUT2D eigenvalue weighted by Gasteiger charge is -2.17. The Morgan fingerprint density at radius 3 is 2.42 bits per heavy atom. The Bertz CT molecular complexity index is 598. The largest absolute Gasteiger partial charge is 0.372 e. The molecule has 0 bridgehead atoms. The Kier molecular flexibility index (Phi) is 3.46. The standard InChI is InChI=1S/C17H17BrO/c1-11-4-3-5-12(2)16(11)17(18)13-6-7-14-9-19-10-15(14)8-13/h3-8,17H,9-10H2,1-2H3. The van der Waals surface area contributed by atoms with Crippen molar-refractivity contribution in [2.45, 2.75) is 31.9 Å². The highest BCUT2D eigenvalue weighted by molar-refractivity contribution is 9.09. The monoisotopic (exact) mass is 316 g/mol. The predicted octanol–water partition coefficient (Wildman–Crippen LogP) is 4.82. The summed E-state index contributed by atoms with van der Waals surface area (Å²) in [6, 6.07) is 13.1. The van der Waals surface area contributed by atoms with Crippen LogP contribution in [-0.2, 0) is 18.0 Å². The van der Waals surface area contributed by atoms with E-state index in [-0.39, 0.29) is 4.83 Å². The molecule has 2 aromatic rings. The van der Waals surface area contributed by atoms with E-state index in [0.717, 1.165) is 13.2 Å². The molecule has 0 saturated heterocycles. The second-order valence-electron chi connectivity index (χ2n) is 5.19. The van der Waals surface area contributed by atoms with Crippen molar-refractivity contribution in [2.75, 3.05) is 0 Å². The summed E-state index contributed by atoms with van der Waals surface area (Å²) in [5.74, 6) is 0. The topological polar surface area (TPSA) is 9.23 Å². The van der Waals surface area contributed by atoms with Gasteiger partial charge in [0.2, 0.25) is 0 Å². The van der Waals surface area contributed by atoms with Crippen molar-refractivity contribution in [1.82, 2.24) is 0 Å². The zero-order valence-electron chi connectivity index (χ0n) is 11.2. The van der Waals surface area contributed by atoms with Gasteiger partial charge < -0.3 is 4.74 Å². The van der Waals surface area contributed by atoms with Crippen molar-refractivity contribution in [3.63, 3.8) is 0 Å². The van der Waals surface area contributed by atoms with E-state index in [1.165, 1.54) is 33.4 Å². The average molecular weight is 317 g/mol. The number of halogens is 1. The molecule has 2 aromatic carbocycles. The molecule has 0 aromatic heterocycles. The molecule has 1 heterocycles.